The highest BCUT2D eigenvalue weighted by atomic mass is 16.4. The number of carboxylic acid groups (broad SMARTS) is 1. The fourth-order valence-electron chi connectivity index (χ4n) is 2.08. The average Bonchev–Trinajstić information content (AvgIpc) is 2.82. The summed E-state index contributed by atoms with van der Waals surface area (Å²) in [6, 6.07) is 3.06. The molecule has 0 aromatic carbocycles. The molecule has 0 spiro atoms. The molecule has 0 bridgehead atoms. The van der Waals surface area contributed by atoms with Gasteiger partial charge in [0, 0.05) is 5.92 Å². The predicted octanol–water partition coefficient (Wildman–Crippen LogP) is 3.60. The molecular weight excluding hydrogens is 244 g/mol. The van der Waals surface area contributed by atoms with Crippen molar-refractivity contribution >= 4 is 17.2 Å². The molecule has 2 aromatic heterocycles. The van der Waals surface area contributed by atoms with Crippen LogP contribution in [0, 0.1) is 0 Å². The summed E-state index contributed by atoms with van der Waals surface area (Å²) >= 11 is 0. The average molecular weight is 262 g/mol. The Hall–Kier alpha value is -1.91. The van der Waals surface area contributed by atoms with Crippen molar-refractivity contribution in [2.75, 3.05) is 0 Å². The Labute approximate surface area is 111 Å². The summed E-state index contributed by atoms with van der Waals surface area (Å²) in [7, 11) is 0. The molecule has 2 rings (SSSR count). The van der Waals surface area contributed by atoms with Crippen molar-refractivity contribution in [3.63, 3.8) is 0 Å². The molecule has 0 aliphatic heterocycles. The Bertz CT molecular complexity index is 577. The van der Waals surface area contributed by atoms with Gasteiger partial charge in [-0.25, -0.2) is 9.78 Å². The van der Waals surface area contributed by atoms with Crippen LogP contribution in [0.25, 0.3) is 11.2 Å². The van der Waals surface area contributed by atoms with Crippen molar-refractivity contribution in [3.05, 3.63) is 23.7 Å². The molecule has 0 saturated carbocycles. The third-order valence-corrected chi connectivity index (χ3v) is 3.24. The second-order valence-corrected chi connectivity index (χ2v) is 4.62. The zero-order chi connectivity index (χ0) is 13.8. The van der Waals surface area contributed by atoms with Crippen molar-refractivity contribution < 1.29 is 14.3 Å². The first-order chi connectivity index (χ1) is 9.15. The minimum Gasteiger partial charge on any atom is -0.477 e. The van der Waals surface area contributed by atoms with E-state index < -0.39 is 5.97 Å². The number of nitrogens with zero attached hydrogens (tertiary/aromatic N) is 2. The lowest BCUT2D eigenvalue weighted by molar-refractivity contribution is 0.0691. The van der Waals surface area contributed by atoms with E-state index in [0.717, 1.165) is 25.7 Å². The minimum absolute atomic E-state index is 0.00560. The fourth-order valence-corrected chi connectivity index (χ4v) is 2.08. The maximum atomic E-state index is 10.9. The van der Waals surface area contributed by atoms with Crippen molar-refractivity contribution in [2.45, 2.75) is 45.4 Å². The maximum Gasteiger partial charge on any atom is 0.354 e. The number of oxazole rings is 1. The van der Waals surface area contributed by atoms with Crippen LogP contribution in [0.5, 0.6) is 0 Å². The number of fused-ring (bicyclic) bond motifs is 1. The molecule has 5 heteroatoms. The van der Waals surface area contributed by atoms with E-state index in [4.69, 9.17) is 9.52 Å². The van der Waals surface area contributed by atoms with Gasteiger partial charge in [-0.05, 0) is 25.0 Å². The second-order valence-electron chi connectivity index (χ2n) is 4.62. The monoisotopic (exact) mass is 262 g/mol. The van der Waals surface area contributed by atoms with Crippen LogP contribution in [-0.2, 0) is 0 Å². The standard InChI is InChI=1S/C14H18N2O3/c1-3-5-6-9(4-2)13-16-12-11(19-13)8-7-10(15-12)14(17)18/h7-9H,3-6H2,1-2H3,(H,17,18). The lowest BCUT2D eigenvalue weighted by Crippen LogP contribution is -2.00. The smallest absolute Gasteiger partial charge is 0.354 e. The van der Waals surface area contributed by atoms with Gasteiger partial charge < -0.3 is 9.52 Å². The van der Waals surface area contributed by atoms with E-state index in [9.17, 15) is 4.79 Å². The summed E-state index contributed by atoms with van der Waals surface area (Å²) < 4.78 is 5.69. The lowest BCUT2D eigenvalue weighted by atomic mass is 9.99. The molecule has 0 amide bonds. The summed E-state index contributed by atoms with van der Waals surface area (Å²) in [5, 5.41) is 8.90. The highest BCUT2D eigenvalue weighted by Gasteiger charge is 2.17. The molecule has 1 atom stereocenters. The molecule has 2 heterocycles. The molecule has 102 valence electrons. The molecule has 0 radical (unpaired) electrons. The third kappa shape index (κ3) is 2.92. The number of carboxylic acids is 1. The van der Waals surface area contributed by atoms with Crippen LogP contribution >= 0.6 is 0 Å². The van der Waals surface area contributed by atoms with Gasteiger partial charge in [0.2, 0.25) is 0 Å². The summed E-state index contributed by atoms with van der Waals surface area (Å²) in [5.41, 5.74) is 0.925. The fraction of sp³-hybridized carbons (Fsp3) is 0.500. The summed E-state index contributed by atoms with van der Waals surface area (Å²) in [6.07, 6.45) is 4.26. The first-order valence-electron chi connectivity index (χ1n) is 6.66. The zero-order valence-corrected chi connectivity index (χ0v) is 11.2. The van der Waals surface area contributed by atoms with E-state index in [-0.39, 0.29) is 11.6 Å². The SMILES string of the molecule is CCCCC(CC)c1nc2nc(C(=O)O)ccc2o1. The maximum absolute atomic E-state index is 10.9. The number of rotatable bonds is 6. The Balaban J connectivity index is 2.31. The van der Waals surface area contributed by atoms with Gasteiger partial charge in [-0.3, -0.25) is 0 Å². The van der Waals surface area contributed by atoms with Gasteiger partial charge in [-0.2, -0.15) is 4.98 Å². The Morgan fingerprint density at radius 1 is 1.37 bits per heavy atom. The second kappa shape index (κ2) is 5.82. The van der Waals surface area contributed by atoms with Gasteiger partial charge >= 0.3 is 5.97 Å². The van der Waals surface area contributed by atoms with Gasteiger partial charge in [0.15, 0.2) is 22.8 Å². The van der Waals surface area contributed by atoms with Crippen LogP contribution in [0.2, 0.25) is 0 Å². The Kier molecular flexibility index (Phi) is 4.14. The van der Waals surface area contributed by atoms with Gasteiger partial charge in [0.05, 0.1) is 0 Å². The molecule has 19 heavy (non-hydrogen) atoms. The molecule has 0 aliphatic rings. The molecule has 5 nitrogen and oxygen atoms in total. The van der Waals surface area contributed by atoms with Gasteiger partial charge in [-0.1, -0.05) is 26.7 Å². The van der Waals surface area contributed by atoms with Gasteiger partial charge in [-0.15, -0.1) is 0 Å². The van der Waals surface area contributed by atoms with Crippen molar-refractivity contribution in [1.82, 2.24) is 9.97 Å². The van der Waals surface area contributed by atoms with E-state index in [0.29, 0.717) is 17.1 Å². The number of hydrogen-bond acceptors (Lipinski definition) is 4. The minimum atomic E-state index is -1.05. The van der Waals surface area contributed by atoms with Crippen LogP contribution in [0.3, 0.4) is 0 Å². The van der Waals surface area contributed by atoms with Crippen molar-refractivity contribution in [1.29, 1.82) is 0 Å². The van der Waals surface area contributed by atoms with Crippen molar-refractivity contribution in [2.24, 2.45) is 0 Å². The van der Waals surface area contributed by atoms with Crippen LogP contribution in [0.4, 0.5) is 0 Å². The number of aromatic nitrogens is 2. The van der Waals surface area contributed by atoms with E-state index in [1.807, 2.05) is 0 Å². The lowest BCUT2D eigenvalue weighted by Gasteiger charge is -2.08. The topological polar surface area (TPSA) is 76.2 Å². The van der Waals surface area contributed by atoms with E-state index in [1.165, 1.54) is 6.07 Å². The summed E-state index contributed by atoms with van der Waals surface area (Å²) in [6.45, 7) is 4.25. The molecule has 2 aromatic rings. The highest BCUT2D eigenvalue weighted by molar-refractivity contribution is 5.87. The van der Waals surface area contributed by atoms with Gasteiger partial charge in [0.25, 0.3) is 0 Å². The normalized spacial score (nSPS) is 12.7. The third-order valence-electron chi connectivity index (χ3n) is 3.24. The Morgan fingerprint density at radius 3 is 2.79 bits per heavy atom. The number of unbranched alkanes of at least 4 members (excludes halogenated alkanes) is 1. The molecule has 0 aliphatic carbocycles. The summed E-state index contributed by atoms with van der Waals surface area (Å²) in [5.74, 6) is -0.104. The molecule has 1 unspecified atom stereocenters. The van der Waals surface area contributed by atoms with Crippen LogP contribution in [0.1, 0.15) is 61.8 Å². The molecule has 1 N–H and O–H groups in total. The van der Waals surface area contributed by atoms with Crippen molar-refractivity contribution in [3.8, 4) is 0 Å². The predicted molar refractivity (Wildman–Crippen MR) is 71.3 cm³/mol. The molecule has 0 saturated heterocycles. The highest BCUT2D eigenvalue weighted by Crippen LogP contribution is 2.27. The number of carbonyl (C=O) groups is 1. The first kappa shape index (κ1) is 13.5. The largest absolute Gasteiger partial charge is 0.477 e. The number of aromatic carboxylic acids is 1. The number of hydrogen-bond donors (Lipinski definition) is 1. The van der Waals surface area contributed by atoms with Gasteiger partial charge in [0.1, 0.15) is 0 Å². The van der Waals surface area contributed by atoms with E-state index >= 15 is 0 Å². The molecule has 0 fully saturated rings. The van der Waals surface area contributed by atoms with Crippen LogP contribution in [0.15, 0.2) is 16.5 Å². The Morgan fingerprint density at radius 2 is 2.16 bits per heavy atom. The number of pyridine rings is 1. The van der Waals surface area contributed by atoms with Crippen LogP contribution in [-0.4, -0.2) is 21.0 Å². The zero-order valence-electron chi connectivity index (χ0n) is 11.2. The quantitative estimate of drug-likeness (QED) is 0.860. The summed E-state index contributed by atoms with van der Waals surface area (Å²) in [4.78, 5) is 19.2. The first-order valence-corrected chi connectivity index (χ1v) is 6.66. The van der Waals surface area contributed by atoms with E-state index in [1.54, 1.807) is 6.07 Å². The molecular formula is C14H18N2O3. The van der Waals surface area contributed by atoms with E-state index in [2.05, 4.69) is 23.8 Å². The van der Waals surface area contributed by atoms with Crippen LogP contribution < -0.4 is 0 Å².